The number of amides is 1. The van der Waals surface area contributed by atoms with E-state index in [2.05, 4.69) is 11.9 Å². The van der Waals surface area contributed by atoms with Gasteiger partial charge in [0.2, 0.25) is 5.91 Å². The molecule has 1 heterocycles. The summed E-state index contributed by atoms with van der Waals surface area (Å²) in [6, 6.07) is 9.49. The maximum Gasteiger partial charge on any atom is 0.303 e. The molecule has 1 spiro atoms. The number of Topliss-reactive ketones (excluding diaryl/α,β-unsaturated/α-hetero) is 1. The molecule has 3 N–H and O–H groups in total. The van der Waals surface area contributed by atoms with Gasteiger partial charge >= 0.3 is 5.97 Å². The first-order chi connectivity index (χ1) is 17.4. The van der Waals surface area contributed by atoms with Crippen molar-refractivity contribution in [2.24, 2.45) is 29.1 Å². The fourth-order valence-electron chi connectivity index (χ4n) is 6.68. The topological polar surface area (TPSA) is 113 Å². The van der Waals surface area contributed by atoms with Gasteiger partial charge in [0.05, 0.1) is 6.10 Å². The minimum Gasteiger partial charge on any atom is -0.457 e. The molecule has 2 aliphatic carbocycles. The van der Waals surface area contributed by atoms with Crippen LogP contribution in [0.15, 0.2) is 66.8 Å². The number of carbonyl (C=O) groups is 3. The van der Waals surface area contributed by atoms with Crippen molar-refractivity contribution in [2.75, 3.05) is 0 Å². The van der Waals surface area contributed by atoms with Crippen LogP contribution in [0.4, 0.5) is 0 Å². The predicted molar refractivity (Wildman–Crippen MR) is 139 cm³/mol. The third kappa shape index (κ3) is 4.59. The van der Waals surface area contributed by atoms with Gasteiger partial charge in [-0.2, -0.15) is 0 Å². The first kappa shape index (κ1) is 27.0. The first-order valence-corrected chi connectivity index (χ1v) is 12.9. The molecule has 3 aliphatic rings. The van der Waals surface area contributed by atoms with Crippen LogP contribution in [-0.4, -0.2) is 51.7 Å². The molecule has 1 unspecified atom stereocenters. The van der Waals surface area contributed by atoms with E-state index in [0.717, 1.165) is 5.56 Å². The number of ketones is 1. The summed E-state index contributed by atoms with van der Waals surface area (Å²) in [5.74, 6) is -3.26. The fraction of sp³-hybridized carbons (Fsp3) is 0.500. The van der Waals surface area contributed by atoms with E-state index in [1.807, 2.05) is 37.3 Å². The Kier molecular flexibility index (Phi) is 7.32. The molecule has 1 saturated carbocycles. The Bertz CT molecular complexity index is 1140. The molecule has 2 fully saturated rings. The summed E-state index contributed by atoms with van der Waals surface area (Å²) >= 11 is 0. The zero-order valence-electron chi connectivity index (χ0n) is 21.9. The van der Waals surface area contributed by atoms with E-state index >= 15 is 0 Å². The van der Waals surface area contributed by atoms with E-state index in [1.54, 1.807) is 19.1 Å². The highest BCUT2D eigenvalue weighted by molar-refractivity contribution is 5.91. The third-order valence-electron chi connectivity index (χ3n) is 8.53. The van der Waals surface area contributed by atoms with Gasteiger partial charge in [0.1, 0.15) is 17.1 Å². The van der Waals surface area contributed by atoms with Crippen molar-refractivity contribution in [3.05, 3.63) is 72.4 Å². The summed E-state index contributed by atoms with van der Waals surface area (Å²) in [5, 5.41) is 25.7. The highest BCUT2D eigenvalue weighted by Crippen LogP contribution is 2.58. The van der Waals surface area contributed by atoms with Gasteiger partial charge in [-0.15, -0.1) is 0 Å². The Morgan fingerprint density at radius 1 is 1.19 bits per heavy atom. The number of benzene rings is 1. The van der Waals surface area contributed by atoms with Crippen LogP contribution < -0.4 is 5.32 Å². The van der Waals surface area contributed by atoms with Crippen molar-refractivity contribution in [2.45, 2.75) is 64.4 Å². The molecule has 37 heavy (non-hydrogen) atoms. The molecule has 1 saturated heterocycles. The van der Waals surface area contributed by atoms with Gasteiger partial charge in [-0.25, -0.2) is 0 Å². The summed E-state index contributed by atoms with van der Waals surface area (Å²) in [4.78, 5) is 39.5. The molecule has 1 aromatic carbocycles. The van der Waals surface area contributed by atoms with Crippen molar-refractivity contribution in [1.29, 1.82) is 0 Å². The Morgan fingerprint density at radius 2 is 1.86 bits per heavy atom. The highest BCUT2D eigenvalue weighted by Gasteiger charge is 2.68. The molecule has 198 valence electrons. The lowest BCUT2D eigenvalue weighted by Gasteiger charge is -2.52. The van der Waals surface area contributed by atoms with Crippen molar-refractivity contribution < 1.29 is 29.3 Å². The Morgan fingerprint density at radius 3 is 2.51 bits per heavy atom. The van der Waals surface area contributed by atoms with Crippen LogP contribution in [0, 0.1) is 29.1 Å². The van der Waals surface area contributed by atoms with Gasteiger partial charge in [0.25, 0.3) is 0 Å². The summed E-state index contributed by atoms with van der Waals surface area (Å²) in [5.41, 5.74) is -1.55. The van der Waals surface area contributed by atoms with Gasteiger partial charge in [-0.1, -0.05) is 62.9 Å². The summed E-state index contributed by atoms with van der Waals surface area (Å²) in [6.45, 7) is 10.5. The highest BCUT2D eigenvalue weighted by atomic mass is 16.5. The number of aliphatic hydroxyl groups excluding tert-OH is 1. The Labute approximate surface area is 218 Å². The zero-order valence-corrected chi connectivity index (χ0v) is 21.9. The number of ether oxygens (including phenoxy) is 1. The number of rotatable bonds is 3. The van der Waals surface area contributed by atoms with E-state index in [4.69, 9.17) is 4.74 Å². The molecule has 7 heteroatoms. The largest absolute Gasteiger partial charge is 0.457 e. The third-order valence-corrected chi connectivity index (χ3v) is 8.53. The maximum atomic E-state index is 14.2. The second kappa shape index (κ2) is 10.0. The summed E-state index contributed by atoms with van der Waals surface area (Å²) in [7, 11) is 0. The summed E-state index contributed by atoms with van der Waals surface area (Å²) in [6.07, 6.45) is 5.01. The quantitative estimate of drug-likeness (QED) is 0.428. The van der Waals surface area contributed by atoms with Crippen LogP contribution >= 0.6 is 0 Å². The Hall–Kier alpha value is -3.03. The van der Waals surface area contributed by atoms with Crippen LogP contribution in [0.5, 0.6) is 0 Å². The number of allylic oxidation sites excluding steroid dienone is 1. The Balaban J connectivity index is 1.94. The lowest BCUT2D eigenvalue weighted by atomic mass is 9.51. The fourth-order valence-corrected chi connectivity index (χ4v) is 6.68. The predicted octanol–water partition coefficient (Wildman–Crippen LogP) is 2.92. The number of carbonyl (C=O) groups excluding carboxylic acids is 3. The molecule has 1 aliphatic heterocycles. The van der Waals surface area contributed by atoms with Gasteiger partial charge in [0, 0.05) is 30.7 Å². The second-order valence-corrected chi connectivity index (χ2v) is 11.0. The number of esters is 1. The second-order valence-electron chi connectivity index (χ2n) is 11.0. The van der Waals surface area contributed by atoms with Gasteiger partial charge in [0.15, 0.2) is 5.78 Å². The molecule has 0 radical (unpaired) electrons. The monoisotopic (exact) mass is 507 g/mol. The average molecular weight is 508 g/mol. The number of nitrogens with one attached hydrogen (secondary N) is 1. The van der Waals surface area contributed by atoms with Crippen molar-refractivity contribution in [3.63, 3.8) is 0 Å². The van der Waals surface area contributed by atoms with Crippen LogP contribution in [0.3, 0.4) is 0 Å². The van der Waals surface area contributed by atoms with E-state index in [-0.39, 0.29) is 23.7 Å². The van der Waals surface area contributed by atoms with E-state index in [9.17, 15) is 24.6 Å². The van der Waals surface area contributed by atoms with Crippen molar-refractivity contribution in [3.8, 4) is 0 Å². The van der Waals surface area contributed by atoms with Gasteiger partial charge in [-0.05, 0) is 49.0 Å². The molecular weight excluding hydrogens is 470 g/mol. The maximum absolute atomic E-state index is 14.2. The lowest BCUT2D eigenvalue weighted by molar-refractivity contribution is -0.166. The van der Waals surface area contributed by atoms with Crippen LogP contribution in [-0.2, 0) is 25.5 Å². The molecule has 0 bridgehead atoms. The molecular formula is C30H37NO6. The normalized spacial score (nSPS) is 41.6. The molecule has 1 amide bonds. The number of hydrogen-bond acceptors (Lipinski definition) is 6. The van der Waals surface area contributed by atoms with Crippen molar-refractivity contribution >= 4 is 17.7 Å². The molecule has 0 aromatic heterocycles. The number of hydrogen-bond donors (Lipinski definition) is 3. The molecule has 7 nitrogen and oxygen atoms in total. The molecule has 9 atom stereocenters. The van der Waals surface area contributed by atoms with E-state index in [1.165, 1.54) is 26.0 Å². The van der Waals surface area contributed by atoms with E-state index in [0.29, 0.717) is 18.4 Å². The minimum absolute atomic E-state index is 0.287. The standard InChI is InChI=1S/C30H37NO6/c1-17-10-9-13-22-26(33)19(3)18(2)25-23(16-21-11-7-6-8-12-21)31-28(35)30(22,25)24(37-20(4)32)14-15-29(5,36)27(17)34/h6-9,11-15,17-18,22-26,33,36H,3,10,16H2,1-2,4-5H3,(H,31,35)/b13-9+,15-14+/t17-,18+,22-,23-,24-,25-,26?,29+,30+/m0/s1. The first-order valence-electron chi connectivity index (χ1n) is 12.9. The van der Waals surface area contributed by atoms with Gasteiger partial charge < -0.3 is 20.3 Å². The smallest absolute Gasteiger partial charge is 0.303 e. The SMILES string of the molecule is C=C1C(O)[C@@H]2/C=C/C[C@H](C)C(=O)[C@](C)(O)/C=C/[C@H](OC(C)=O)[C@]23C(=O)N[C@@H](Cc2ccccc2)[C@@H]3[C@@H]1C. The minimum atomic E-state index is -1.82. The average Bonchev–Trinajstić information content (AvgIpc) is 3.13. The van der Waals surface area contributed by atoms with Crippen LogP contribution in [0.25, 0.3) is 0 Å². The van der Waals surface area contributed by atoms with Gasteiger partial charge in [-0.3, -0.25) is 14.4 Å². The van der Waals surface area contributed by atoms with E-state index < -0.39 is 46.9 Å². The molecule has 1 aromatic rings. The number of aliphatic hydroxyl groups is 2. The van der Waals surface area contributed by atoms with Crippen molar-refractivity contribution in [1.82, 2.24) is 5.32 Å². The van der Waals surface area contributed by atoms with Crippen LogP contribution in [0.1, 0.15) is 39.7 Å². The zero-order chi connectivity index (χ0) is 27.1. The molecule has 4 rings (SSSR count). The lowest BCUT2D eigenvalue weighted by Crippen LogP contribution is -2.60. The summed E-state index contributed by atoms with van der Waals surface area (Å²) < 4.78 is 5.81. The van der Waals surface area contributed by atoms with Crippen LogP contribution in [0.2, 0.25) is 0 Å².